The van der Waals surface area contributed by atoms with Crippen molar-refractivity contribution in [1.82, 2.24) is 5.43 Å². The van der Waals surface area contributed by atoms with Gasteiger partial charge in [0.05, 0.1) is 26.2 Å². The number of rotatable bonds is 5. The van der Waals surface area contributed by atoms with E-state index in [4.69, 9.17) is 17.3 Å². The monoisotopic (exact) mass is 327 g/mol. The molecule has 0 aliphatic rings. The number of hydrazone groups is 1. The first kappa shape index (κ1) is 17.4. The molecule has 1 amide bonds. The van der Waals surface area contributed by atoms with Gasteiger partial charge < -0.3 is 15.2 Å². The standard InChI is InChI=1S/C13H14ClN3O5/c1-21-11(18)6-10(13(20)22-2)16-17-12(19)8-5-7(14)3-4-9(8)15/h3-5H,6,15H2,1-2H3,(H,17,19)/b16-10+. The largest absolute Gasteiger partial charge is 0.469 e. The molecule has 1 aromatic carbocycles. The van der Waals surface area contributed by atoms with E-state index < -0.39 is 24.3 Å². The number of hydrogen-bond donors (Lipinski definition) is 2. The summed E-state index contributed by atoms with van der Waals surface area (Å²) in [4.78, 5) is 34.6. The summed E-state index contributed by atoms with van der Waals surface area (Å²) in [7, 11) is 2.27. The number of nitrogen functional groups attached to an aromatic ring is 1. The number of benzene rings is 1. The normalized spacial score (nSPS) is 10.8. The van der Waals surface area contributed by atoms with Gasteiger partial charge >= 0.3 is 11.9 Å². The maximum atomic E-state index is 12.0. The molecule has 0 radical (unpaired) electrons. The number of halogens is 1. The van der Waals surface area contributed by atoms with Crippen LogP contribution in [-0.4, -0.2) is 37.8 Å². The number of nitrogens with two attached hydrogens (primary N) is 1. The van der Waals surface area contributed by atoms with Crippen LogP contribution in [0.4, 0.5) is 5.69 Å². The van der Waals surface area contributed by atoms with E-state index in [1.54, 1.807) is 0 Å². The van der Waals surface area contributed by atoms with E-state index in [0.717, 1.165) is 14.2 Å². The molecule has 8 nitrogen and oxygen atoms in total. The Hall–Kier alpha value is -2.61. The highest BCUT2D eigenvalue weighted by Crippen LogP contribution is 2.17. The average Bonchev–Trinajstić information content (AvgIpc) is 2.52. The van der Waals surface area contributed by atoms with Gasteiger partial charge in [-0.15, -0.1) is 0 Å². The van der Waals surface area contributed by atoms with Crippen LogP contribution >= 0.6 is 11.6 Å². The van der Waals surface area contributed by atoms with Gasteiger partial charge in [0.15, 0.2) is 5.71 Å². The van der Waals surface area contributed by atoms with Crippen molar-refractivity contribution in [3.63, 3.8) is 0 Å². The van der Waals surface area contributed by atoms with Crippen molar-refractivity contribution < 1.29 is 23.9 Å². The van der Waals surface area contributed by atoms with E-state index in [0.29, 0.717) is 5.02 Å². The molecule has 3 N–H and O–H groups in total. The van der Waals surface area contributed by atoms with Gasteiger partial charge in [-0.2, -0.15) is 5.10 Å². The Labute approximate surface area is 131 Å². The lowest BCUT2D eigenvalue weighted by Crippen LogP contribution is -2.26. The molecule has 0 fully saturated rings. The molecule has 0 bridgehead atoms. The van der Waals surface area contributed by atoms with Crippen LogP contribution in [0.1, 0.15) is 16.8 Å². The second kappa shape index (κ2) is 7.99. The summed E-state index contributed by atoms with van der Waals surface area (Å²) >= 11 is 5.78. The van der Waals surface area contributed by atoms with Gasteiger partial charge in [0.25, 0.3) is 5.91 Å². The second-order valence-electron chi connectivity index (χ2n) is 3.98. The van der Waals surface area contributed by atoms with Crippen molar-refractivity contribution in [2.75, 3.05) is 20.0 Å². The van der Waals surface area contributed by atoms with Crippen molar-refractivity contribution in [1.29, 1.82) is 0 Å². The second-order valence-corrected chi connectivity index (χ2v) is 4.41. The van der Waals surface area contributed by atoms with E-state index in [9.17, 15) is 14.4 Å². The molecule has 0 aliphatic heterocycles. The number of methoxy groups -OCH3 is 2. The van der Waals surface area contributed by atoms with E-state index in [1.807, 2.05) is 0 Å². The summed E-state index contributed by atoms with van der Waals surface area (Å²) in [5.41, 5.74) is 7.72. The number of anilines is 1. The molecule has 1 aromatic rings. The fraction of sp³-hybridized carbons (Fsp3) is 0.231. The minimum atomic E-state index is -0.871. The molecule has 0 heterocycles. The number of hydrogen-bond acceptors (Lipinski definition) is 7. The van der Waals surface area contributed by atoms with Crippen LogP contribution in [0.3, 0.4) is 0 Å². The lowest BCUT2D eigenvalue weighted by molar-refractivity contribution is -0.140. The predicted molar refractivity (Wildman–Crippen MR) is 79.4 cm³/mol. The Kier molecular flexibility index (Phi) is 6.33. The molecular weight excluding hydrogens is 314 g/mol. The third-order valence-corrected chi connectivity index (χ3v) is 2.75. The fourth-order valence-corrected chi connectivity index (χ4v) is 1.56. The van der Waals surface area contributed by atoms with E-state index >= 15 is 0 Å². The maximum absolute atomic E-state index is 12.0. The highest BCUT2D eigenvalue weighted by atomic mass is 35.5. The highest BCUT2D eigenvalue weighted by Gasteiger charge is 2.18. The lowest BCUT2D eigenvalue weighted by Gasteiger charge is -2.06. The third-order valence-electron chi connectivity index (χ3n) is 2.51. The summed E-state index contributed by atoms with van der Waals surface area (Å²) < 4.78 is 8.89. The minimum absolute atomic E-state index is 0.0820. The Morgan fingerprint density at radius 1 is 1.27 bits per heavy atom. The van der Waals surface area contributed by atoms with Crippen molar-refractivity contribution in [3.8, 4) is 0 Å². The zero-order valence-corrected chi connectivity index (χ0v) is 12.6. The summed E-state index contributed by atoms with van der Waals surface area (Å²) in [6.45, 7) is 0. The summed E-state index contributed by atoms with van der Waals surface area (Å²) in [6.07, 6.45) is -0.450. The summed E-state index contributed by atoms with van der Waals surface area (Å²) in [5.74, 6) is -2.27. The Bertz CT molecular complexity index is 630. The number of nitrogens with one attached hydrogen (secondary N) is 1. The van der Waals surface area contributed by atoms with Crippen molar-refractivity contribution in [3.05, 3.63) is 28.8 Å². The molecule has 0 spiro atoms. The van der Waals surface area contributed by atoms with E-state index in [1.165, 1.54) is 18.2 Å². The van der Waals surface area contributed by atoms with Gasteiger partial charge in [-0.25, -0.2) is 10.2 Å². The number of nitrogens with zero attached hydrogens (tertiary/aromatic N) is 1. The number of carbonyl (C=O) groups is 3. The van der Waals surface area contributed by atoms with Crippen LogP contribution in [0, 0.1) is 0 Å². The lowest BCUT2D eigenvalue weighted by atomic mass is 10.2. The van der Waals surface area contributed by atoms with Gasteiger partial charge in [0, 0.05) is 10.7 Å². The number of ether oxygens (including phenoxy) is 2. The molecule has 1 rings (SSSR count). The van der Waals surface area contributed by atoms with Gasteiger partial charge in [0.1, 0.15) is 0 Å². The zero-order chi connectivity index (χ0) is 16.7. The van der Waals surface area contributed by atoms with Crippen molar-refractivity contribution in [2.45, 2.75) is 6.42 Å². The smallest absolute Gasteiger partial charge is 0.354 e. The first-order valence-electron chi connectivity index (χ1n) is 5.96. The molecular formula is C13H14ClN3O5. The van der Waals surface area contributed by atoms with Gasteiger partial charge in [-0.1, -0.05) is 11.6 Å². The topological polar surface area (TPSA) is 120 Å². The first-order chi connectivity index (χ1) is 10.4. The van der Waals surface area contributed by atoms with Crippen LogP contribution in [0.15, 0.2) is 23.3 Å². The van der Waals surface area contributed by atoms with Gasteiger partial charge in [-0.05, 0) is 18.2 Å². The Morgan fingerprint density at radius 3 is 2.55 bits per heavy atom. The fourth-order valence-electron chi connectivity index (χ4n) is 1.39. The summed E-state index contributed by atoms with van der Waals surface area (Å²) in [5, 5.41) is 3.88. The number of carbonyl (C=O) groups excluding carboxylic acids is 3. The van der Waals surface area contributed by atoms with Crippen LogP contribution < -0.4 is 11.2 Å². The molecule has 0 aromatic heterocycles. The minimum Gasteiger partial charge on any atom is -0.469 e. The predicted octanol–water partition coefficient (Wildman–Crippen LogP) is 0.744. The SMILES string of the molecule is COC(=O)C/C(=N\NC(=O)c1cc(Cl)ccc1N)C(=O)OC. The van der Waals surface area contributed by atoms with Crippen molar-refractivity contribution >= 4 is 40.8 Å². The molecule has 0 atom stereocenters. The molecule has 0 unspecified atom stereocenters. The Balaban J connectivity index is 2.93. The molecule has 118 valence electrons. The quantitative estimate of drug-likeness (QED) is 0.356. The number of esters is 2. The molecule has 9 heteroatoms. The molecule has 22 heavy (non-hydrogen) atoms. The molecule has 0 aliphatic carbocycles. The van der Waals surface area contributed by atoms with Crippen LogP contribution in [0.2, 0.25) is 5.02 Å². The molecule has 0 saturated heterocycles. The van der Waals surface area contributed by atoms with Gasteiger partial charge in [0.2, 0.25) is 0 Å². The summed E-state index contributed by atoms with van der Waals surface area (Å²) in [6, 6.07) is 4.32. The Morgan fingerprint density at radius 2 is 1.95 bits per heavy atom. The zero-order valence-electron chi connectivity index (χ0n) is 11.9. The average molecular weight is 328 g/mol. The number of amides is 1. The van der Waals surface area contributed by atoms with E-state index in [2.05, 4.69) is 20.0 Å². The molecule has 0 saturated carbocycles. The van der Waals surface area contributed by atoms with Crippen LogP contribution in [0.25, 0.3) is 0 Å². The highest BCUT2D eigenvalue weighted by molar-refractivity contribution is 6.39. The van der Waals surface area contributed by atoms with Gasteiger partial charge in [-0.3, -0.25) is 9.59 Å². The third kappa shape index (κ3) is 4.74. The van der Waals surface area contributed by atoms with Crippen LogP contribution in [0.5, 0.6) is 0 Å². The maximum Gasteiger partial charge on any atom is 0.354 e. The van der Waals surface area contributed by atoms with Crippen molar-refractivity contribution in [2.24, 2.45) is 5.10 Å². The first-order valence-corrected chi connectivity index (χ1v) is 6.34. The van der Waals surface area contributed by atoms with E-state index in [-0.39, 0.29) is 17.0 Å². The van der Waals surface area contributed by atoms with Crippen LogP contribution in [-0.2, 0) is 19.1 Å².